The Hall–Kier alpha value is -1.89. The first-order valence-corrected chi connectivity index (χ1v) is 9.45. The molecule has 2 saturated heterocycles. The standard InChI is InChI=1S/C19H23ClN4O2/c20-15-3-1-14(2-4-15)17-13-24(11-12-26-17)19-21-8-5-18(22-19)23-9-6-16(25)7-10-23/h1-5,8,16-17,25H,6-7,9-13H2. The average molecular weight is 375 g/mol. The topological polar surface area (TPSA) is 61.7 Å². The Balaban J connectivity index is 1.48. The van der Waals surface area contributed by atoms with Gasteiger partial charge in [-0.15, -0.1) is 0 Å². The van der Waals surface area contributed by atoms with Crippen molar-refractivity contribution >= 4 is 23.4 Å². The summed E-state index contributed by atoms with van der Waals surface area (Å²) in [4.78, 5) is 13.6. The summed E-state index contributed by atoms with van der Waals surface area (Å²) >= 11 is 5.98. The van der Waals surface area contributed by atoms with E-state index in [2.05, 4.69) is 14.8 Å². The highest BCUT2D eigenvalue weighted by molar-refractivity contribution is 6.30. The number of aliphatic hydroxyl groups excluding tert-OH is 1. The van der Waals surface area contributed by atoms with Crippen LogP contribution in [-0.2, 0) is 4.74 Å². The maximum absolute atomic E-state index is 9.70. The van der Waals surface area contributed by atoms with Crippen molar-refractivity contribution in [3.8, 4) is 0 Å². The molecule has 1 N–H and O–H groups in total. The zero-order chi connectivity index (χ0) is 17.9. The van der Waals surface area contributed by atoms with Crippen molar-refractivity contribution in [2.45, 2.75) is 25.0 Å². The van der Waals surface area contributed by atoms with E-state index in [4.69, 9.17) is 21.3 Å². The van der Waals surface area contributed by atoms with Gasteiger partial charge in [0.2, 0.25) is 5.95 Å². The molecule has 4 rings (SSSR count). The van der Waals surface area contributed by atoms with E-state index in [-0.39, 0.29) is 12.2 Å². The molecule has 0 bridgehead atoms. The molecule has 6 nitrogen and oxygen atoms in total. The third kappa shape index (κ3) is 3.92. The van der Waals surface area contributed by atoms with Gasteiger partial charge in [0.05, 0.1) is 19.3 Å². The summed E-state index contributed by atoms with van der Waals surface area (Å²) in [5.41, 5.74) is 1.11. The lowest BCUT2D eigenvalue weighted by molar-refractivity contribution is 0.0392. The zero-order valence-corrected chi connectivity index (χ0v) is 15.3. The second kappa shape index (κ2) is 7.78. The first-order valence-electron chi connectivity index (χ1n) is 9.07. The predicted octanol–water partition coefficient (Wildman–Crippen LogP) is 2.67. The van der Waals surface area contributed by atoms with E-state index in [9.17, 15) is 5.11 Å². The molecule has 3 heterocycles. The molecule has 1 aromatic carbocycles. The molecule has 138 valence electrons. The second-order valence-corrected chi connectivity index (χ2v) is 7.23. The molecule has 0 spiro atoms. The fourth-order valence-electron chi connectivity index (χ4n) is 3.47. The van der Waals surface area contributed by atoms with Crippen LogP contribution in [0.4, 0.5) is 11.8 Å². The van der Waals surface area contributed by atoms with Gasteiger partial charge in [-0.1, -0.05) is 23.7 Å². The van der Waals surface area contributed by atoms with Crippen molar-refractivity contribution in [3.63, 3.8) is 0 Å². The molecule has 0 radical (unpaired) electrons. The average Bonchev–Trinajstić information content (AvgIpc) is 2.69. The quantitative estimate of drug-likeness (QED) is 0.891. The van der Waals surface area contributed by atoms with E-state index >= 15 is 0 Å². The van der Waals surface area contributed by atoms with Gasteiger partial charge >= 0.3 is 0 Å². The number of rotatable bonds is 3. The van der Waals surface area contributed by atoms with Crippen LogP contribution in [0.5, 0.6) is 0 Å². The first-order chi connectivity index (χ1) is 12.7. The Bertz CT molecular complexity index is 735. The number of ether oxygens (including phenoxy) is 1. The number of benzene rings is 1. The Morgan fingerprint density at radius 1 is 1.04 bits per heavy atom. The van der Waals surface area contributed by atoms with E-state index in [0.717, 1.165) is 54.8 Å². The number of hydrogen-bond acceptors (Lipinski definition) is 6. The molecule has 1 unspecified atom stereocenters. The fourth-order valence-corrected chi connectivity index (χ4v) is 3.60. The first kappa shape index (κ1) is 17.5. The van der Waals surface area contributed by atoms with Crippen LogP contribution in [0.15, 0.2) is 36.5 Å². The van der Waals surface area contributed by atoms with Crippen LogP contribution in [0.3, 0.4) is 0 Å². The molecule has 26 heavy (non-hydrogen) atoms. The zero-order valence-electron chi connectivity index (χ0n) is 14.6. The number of nitrogens with zero attached hydrogens (tertiary/aromatic N) is 4. The van der Waals surface area contributed by atoms with E-state index in [1.54, 1.807) is 0 Å². The van der Waals surface area contributed by atoms with Gasteiger partial charge < -0.3 is 19.6 Å². The highest BCUT2D eigenvalue weighted by Crippen LogP contribution is 2.26. The maximum Gasteiger partial charge on any atom is 0.227 e. The molecule has 1 aromatic heterocycles. The van der Waals surface area contributed by atoms with E-state index < -0.39 is 0 Å². The van der Waals surface area contributed by atoms with Gasteiger partial charge in [-0.05, 0) is 36.6 Å². The highest BCUT2D eigenvalue weighted by Gasteiger charge is 2.25. The number of hydrogen-bond donors (Lipinski definition) is 1. The van der Waals surface area contributed by atoms with Crippen molar-refractivity contribution in [3.05, 3.63) is 47.1 Å². The lowest BCUT2D eigenvalue weighted by atomic mass is 10.1. The second-order valence-electron chi connectivity index (χ2n) is 6.79. The van der Waals surface area contributed by atoms with Gasteiger partial charge in [0.1, 0.15) is 11.9 Å². The fraction of sp³-hybridized carbons (Fsp3) is 0.474. The number of halogens is 1. The van der Waals surface area contributed by atoms with E-state index in [1.807, 2.05) is 36.5 Å². The van der Waals surface area contributed by atoms with Crippen LogP contribution < -0.4 is 9.80 Å². The smallest absolute Gasteiger partial charge is 0.227 e. The Kier molecular flexibility index (Phi) is 5.24. The van der Waals surface area contributed by atoms with Gasteiger partial charge in [-0.2, -0.15) is 4.98 Å². The van der Waals surface area contributed by atoms with Crippen molar-refractivity contribution in [2.75, 3.05) is 42.6 Å². The summed E-state index contributed by atoms with van der Waals surface area (Å²) in [5, 5.41) is 10.4. The highest BCUT2D eigenvalue weighted by atomic mass is 35.5. The van der Waals surface area contributed by atoms with Crippen LogP contribution in [0.2, 0.25) is 5.02 Å². The van der Waals surface area contributed by atoms with Crippen molar-refractivity contribution in [1.29, 1.82) is 0 Å². The number of morpholine rings is 1. The van der Waals surface area contributed by atoms with Gasteiger partial charge in [0.25, 0.3) is 0 Å². The molecule has 0 amide bonds. The molecule has 0 saturated carbocycles. The van der Waals surface area contributed by atoms with Gasteiger partial charge in [0, 0.05) is 30.9 Å². The monoisotopic (exact) mass is 374 g/mol. The molecule has 1 atom stereocenters. The van der Waals surface area contributed by atoms with E-state index in [0.29, 0.717) is 13.2 Å². The molecule has 2 fully saturated rings. The summed E-state index contributed by atoms with van der Waals surface area (Å²) in [6, 6.07) is 9.74. The minimum absolute atomic E-state index is 0.0154. The molecular weight excluding hydrogens is 352 g/mol. The SMILES string of the molecule is OC1CCN(c2ccnc(N3CCOC(c4ccc(Cl)cc4)C3)n2)CC1. The molecule has 7 heteroatoms. The molecule has 0 aliphatic carbocycles. The summed E-state index contributed by atoms with van der Waals surface area (Å²) in [7, 11) is 0. The third-order valence-corrected chi connectivity index (χ3v) is 5.26. The Labute approximate surface area is 158 Å². The molecule has 2 aliphatic heterocycles. The summed E-state index contributed by atoms with van der Waals surface area (Å²) < 4.78 is 5.94. The normalized spacial score (nSPS) is 21.8. The van der Waals surface area contributed by atoms with Crippen molar-refractivity contribution in [1.82, 2.24) is 9.97 Å². The summed E-state index contributed by atoms with van der Waals surface area (Å²) in [5.74, 6) is 1.66. The van der Waals surface area contributed by atoms with E-state index in [1.165, 1.54) is 0 Å². The lowest BCUT2D eigenvalue weighted by Crippen LogP contribution is -2.40. The minimum atomic E-state index is -0.188. The van der Waals surface area contributed by atoms with Crippen LogP contribution >= 0.6 is 11.6 Å². The molecule has 2 aromatic rings. The van der Waals surface area contributed by atoms with Gasteiger partial charge in [0.15, 0.2) is 0 Å². The van der Waals surface area contributed by atoms with Gasteiger partial charge in [-0.3, -0.25) is 0 Å². The summed E-state index contributed by atoms with van der Waals surface area (Å²) in [6.07, 6.45) is 3.19. The van der Waals surface area contributed by atoms with Crippen LogP contribution in [0, 0.1) is 0 Å². The van der Waals surface area contributed by atoms with Crippen molar-refractivity contribution < 1.29 is 9.84 Å². The number of aromatic nitrogens is 2. The molecule has 2 aliphatic rings. The number of anilines is 2. The van der Waals surface area contributed by atoms with Crippen LogP contribution in [-0.4, -0.2) is 54.0 Å². The number of aliphatic hydroxyl groups is 1. The maximum atomic E-state index is 9.70. The summed E-state index contributed by atoms with van der Waals surface area (Å²) in [6.45, 7) is 3.77. The third-order valence-electron chi connectivity index (χ3n) is 5.01. The van der Waals surface area contributed by atoms with Crippen molar-refractivity contribution in [2.24, 2.45) is 0 Å². The Morgan fingerprint density at radius 2 is 1.81 bits per heavy atom. The van der Waals surface area contributed by atoms with Crippen LogP contribution in [0.25, 0.3) is 0 Å². The lowest BCUT2D eigenvalue weighted by Gasteiger charge is -2.34. The van der Waals surface area contributed by atoms with Crippen LogP contribution in [0.1, 0.15) is 24.5 Å². The molecular formula is C19H23ClN4O2. The van der Waals surface area contributed by atoms with Gasteiger partial charge in [-0.25, -0.2) is 4.98 Å². The number of piperidine rings is 1. The largest absolute Gasteiger partial charge is 0.393 e. The predicted molar refractivity (Wildman–Crippen MR) is 102 cm³/mol. The minimum Gasteiger partial charge on any atom is -0.393 e. The Morgan fingerprint density at radius 3 is 2.58 bits per heavy atom.